The third kappa shape index (κ3) is 5.42. The van der Waals surface area contributed by atoms with Crippen LogP contribution in [-0.2, 0) is 11.3 Å². The van der Waals surface area contributed by atoms with Crippen LogP contribution in [0.5, 0.6) is 0 Å². The molecule has 1 aliphatic carbocycles. The van der Waals surface area contributed by atoms with E-state index in [0.29, 0.717) is 12.5 Å². The van der Waals surface area contributed by atoms with Gasteiger partial charge in [0.05, 0.1) is 6.54 Å². The molecule has 2 atom stereocenters. The van der Waals surface area contributed by atoms with Gasteiger partial charge in [-0.15, -0.1) is 0 Å². The van der Waals surface area contributed by atoms with Gasteiger partial charge in [-0.25, -0.2) is 4.79 Å². The monoisotopic (exact) mass is 323 g/mol. The number of carbonyl (C=O) groups excluding carboxylic acids is 2. The third-order valence-electron chi connectivity index (χ3n) is 4.13. The molecular weight excluding hydrogens is 298 g/mol. The molecule has 22 heavy (non-hydrogen) atoms. The van der Waals surface area contributed by atoms with Gasteiger partial charge >= 0.3 is 6.03 Å². The summed E-state index contributed by atoms with van der Waals surface area (Å²) in [5, 5.41) is 9.44. The molecule has 1 aromatic rings. The molecule has 5 nitrogen and oxygen atoms in total. The Hall–Kier alpha value is -1.40. The van der Waals surface area contributed by atoms with Gasteiger partial charge in [0.1, 0.15) is 0 Å². The molecule has 6 heteroatoms. The van der Waals surface area contributed by atoms with Crippen LogP contribution in [0.1, 0.15) is 38.2 Å². The zero-order valence-electron chi connectivity index (χ0n) is 13.3. The fourth-order valence-electron chi connectivity index (χ4n) is 2.90. The number of nitrogens with zero attached hydrogens (tertiary/aromatic N) is 1. The van der Waals surface area contributed by atoms with Crippen LogP contribution in [0.25, 0.3) is 0 Å². The molecule has 0 saturated heterocycles. The van der Waals surface area contributed by atoms with Crippen LogP contribution in [-0.4, -0.2) is 36.5 Å². The Morgan fingerprint density at radius 1 is 1.36 bits per heavy atom. The van der Waals surface area contributed by atoms with Gasteiger partial charge in [-0.1, -0.05) is 19.8 Å². The number of imide groups is 1. The molecule has 0 bridgehead atoms. The summed E-state index contributed by atoms with van der Waals surface area (Å²) in [6, 6.07) is 1.86. The molecule has 2 N–H and O–H groups in total. The second kappa shape index (κ2) is 8.29. The van der Waals surface area contributed by atoms with Crippen LogP contribution in [0.4, 0.5) is 4.79 Å². The minimum absolute atomic E-state index is 0.185. The topological polar surface area (TPSA) is 61.4 Å². The van der Waals surface area contributed by atoms with Crippen LogP contribution in [0.3, 0.4) is 0 Å². The summed E-state index contributed by atoms with van der Waals surface area (Å²) < 4.78 is 0. The molecular formula is C16H25N3O2S. The van der Waals surface area contributed by atoms with Crippen molar-refractivity contribution in [2.45, 2.75) is 45.2 Å². The van der Waals surface area contributed by atoms with Gasteiger partial charge in [-0.2, -0.15) is 11.3 Å². The summed E-state index contributed by atoms with van der Waals surface area (Å²) in [7, 11) is 1.87. The van der Waals surface area contributed by atoms with Crippen LogP contribution < -0.4 is 10.6 Å². The maximum absolute atomic E-state index is 11.9. The molecule has 1 aliphatic rings. The molecule has 2 rings (SSSR count). The Balaban J connectivity index is 1.70. The predicted molar refractivity (Wildman–Crippen MR) is 88.7 cm³/mol. The Labute approximate surface area is 136 Å². The summed E-state index contributed by atoms with van der Waals surface area (Å²) in [6.45, 7) is 3.07. The van der Waals surface area contributed by atoms with Crippen LogP contribution in [0, 0.1) is 5.92 Å². The highest BCUT2D eigenvalue weighted by molar-refractivity contribution is 7.07. The van der Waals surface area contributed by atoms with Crippen molar-refractivity contribution in [3.63, 3.8) is 0 Å². The highest BCUT2D eigenvalue weighted by atomic mass is 32.1. The van der Waals surface area contributed by atoms with Gasteiger partial charge in [0, 0.05) is 12.6 Å². The van der Waals surface area contributed by atoms with Crippen molar-refractivity contribution in [2.24, 2.45) is 5.92 Å². The summed E-state index contributed by atoms with van der Waals surface area (Å²) in [6.07, 6.45) is 4.52. The number of hydrogen-bond acceptors (Lipinski definition) is 4. The van der Waals surface area contributed by atoms with E-state index in [4.69, 9.17) is 0 Å². The molecule has 1 heterocycles. The molecule has 0 aliphatic heterocycles. The number of carbonyl (C=O) groups is 2. The largest absolute Gasteiger partial charge is 0.335 e. The van der Waals surface area contributed by atoms with Crippen LogP contribution in [0.15, 0.2) is 16.8 Å². The number of nitrogens with one attached hydrogen (secondary N) is 2. The van der Waals surface area contributed by atoms with E-state index in [1.165, 1.54) is 12.0 Å². The van der Waals surface area contributed by atoms with Crippen molar-refractivity contribution in [1.82, 2.24) is 15.5 Å². The van der Waals surface area contributed by atoms with Gasteiger partial charge < -0.3 is 5.32 Å². The maximum atomic E-state index is 11.9. The Morgan fingerprint density at radius 3 is 2.82 bits per heavy atom. The normalized spacial score (nSPS) is 21.6. The van der Waals surface area contributed by atoms with Crippen molar-refractivity contribution >= 4 is 23.3 Å². The molecule has 0 aromatic carbocycles. The fourth-order valence-corrected chi connectivity index (χ4v) is 3.56. The van der Waals surface area contributed by atoms with Crippen molar-refractivity contribution in [3.8, 4) is 0 Å². The number of hydrogen-bond donors (Lipinski definition) is 2. The number of likely N-dealkylation sites (N-methyl/N-ethyl adjacent to an activating group) is 1. The van der Waals surface area contributed by atoms with Gasteiger partial charge in [0.15, 0.2) is 0 Å². The van der Waals surface area contributed by atoms with Crippen molar-refractivity contribution in [2.75, 3.05) is 13.6 Å². The highest BCUT2D eigenvalue weighted by Crippen LogP contribution is 2.23. The molecule has 1 saturated carbocycles. The fraction of sp³-hybridized carbons (Fsp3) is 0.625. The number of thiophene rings is 1. The quantitative estimate of drug-likeness (QED) is 0.875. The summed E-state index contributed by atoms with van der Waals surface area (Å²) >= 11 is 1.64. The Kier molecular flexibility index (Phi) is 6.39. The van der Waals surface area contributed by atoms with Crippen LogP contribution >= 0.6 is 11.3 Å². The lowest BCUT2D eigenvalue weighted by Crippen LogP contribution is -2.49. The van der Waals surface area contributed by atoms with Crippen molar-refractivity contribution in [1.29, 1.82) is 0 Å². The number of urea groups is 1. The van der Waals surface area contributed by atoms with Gasteiger partial charge in [0.25, 0.3) is 0 Å². The van der Waals surface area contributed by atoms with E-state index in [1.54, 1.807) is 11.3 Å². The lowest BCUT2D eigenvalue weighted by molar-refractivity contribution is -0.121. The van der Waals surface area contributed by atoms with E-state index in [-0.39, 0.29) is 24.5 Å². The molecule has 1 aromatic heterocycles. The van der Waals surface area contributed by atoms with Gasteiger partial charge in [0.2, 0.25) is 5.91 Å². The zero-order valence-corrected chi connectivity index (χ0v) is 14.1. The minimum atomic E-state index is -0.368. The molecule has 2 unspecified atom stereocenters. The smallest absolute Gasteiger partial charge is 0.321 e. The average molecular weight is 323 g/mol. The first-order valence-corrected chi connectivity index (χ1v) is 8.79. The van der Waals surface area contributed by atoms with Crippen LogP contribution in [0.2, 0.25) is 0 Å². The summed E-state index contributed by atoms with van der Waals surface area (Å²) in [4.78, 5) is 25.7. The second-order valence-electron chi connectivity index (χ2n) is 6.19. The molecule has 0 radical (unpaired) electrons. The second-order valence-corrected chi connectivity index (χ2v) is 6.97. The molecule has 0 spiro atoms. The van der Waals surface area contributed by atoms with Gasteiger partial charge in [-0.05, 0) is 48.2 Å². The predicted octanol–water partition coefficient (Wildman–Crippen LogP) is 2.58. The van der Waals surface area contributed by atoms with Crippen molar-refractivity contribution < 1.29 is 9.59 Å². The number of rotatable bonds is 5. The van der Waals surface area contributed by atoms with E-state index < -0.39 is 0 Å². The standard InChI is InChI=1S/C16H25N3O2S/c1-12-5-3-4-6-14(12)17-16(21)18-15(20)10-19(2)9-13-7-8-22-11-13/h7-8,11-12,14H,3-6,9-10H2,1-2H3,(H2,17,18,20,21). The first-order chi connectivity index (χ1) is 10.5. The Morgan fingerprint density at radius 2 is 2.14 bits per heavy atom. The van der Waals surface area contributed by atoms with E-state index >= 15 is 0 Å². The molecule has 1 fully saturated rings. The van der Waals surface area contributed by atoms with E-state index in [2.05, 4.69) is 22.9 Å². The summed E-state index contributed by atoms with van der Waals surface area (Å²) in [5.74, 6) is 0.217. The number of amides is 3. The molecule has 122 valence electrons. The maximum Gasteiger partial charge on any atom is 0.321 e. The highest BCUT2D eigenvalue weighted by Gasteiger charge is 2.23. The average Bonchev–Trinajstić information content (AvgIpc) is 2.93. The van der Waals surface area contributed by atoms with E-state index in [0.717, 1.165) is 19.3 Å². The first-order valence-electron chi connectivity index (χ1n) is 7.84. The lowest BCUT2D eigenvalue weighted by atomic mass is 9.86. The SMILES string of the molecule is CC1CCCCC1NC(=O)NC(=O)CN(C)Cc1ccsc1. The van der Waals surface area contributed by atoms with Crippen molar-refractivity contribution in [3.05, 3.63) is 22.4 Å². The van der Waals surface area contributed by atoms with Gasteiger partial charge in [-0.3, -0.25) is 15.0 Å². The minimum Gasteiger partial charge on any atom is -0.335 e. The van der Waals surface area contributed by atoms with E-state index in [1.807, 2.05) is 23.4 Å². The first kappa shape index (κ1) is 17.0. The molecule has 3 amide bonds. The Bertz CT molecular complexity index is 490. The summed E-state index contributed by atoms with van der Waals surface area (Å²) in [5.41, 5.74) is 1.18. The lowest BCUT2D eigenvalue weighted by Gasteiger charge is -2.29. The zero-order chi connectivity index (χ0) is 15.9. The third-order valence-corrected chi connectivity index (χ3v) is 4.86. The van der Waals surface area contributed by atoms with E-state index in [9.17, 15) is 9.59 Å².